The van der Waals surface area contributed by atoms with E-state index in [1.165, 1.54) is 17.5 Å². The average Bonchev–Trinajstić information content (AvgIpc) is 2.80. The van der Waals surface area contributed by atoms with Gasteiger partial charge in [0.05, 0.1) is 0 Å². The molecular weight excluding hydrogens is 462 g/mol. The molecule has 1 amide bonds. The van der Waals surface area contributed by atoms with Crippen molar-refractivity contribution in [2.24, 2.45) is 0 Å². The lowest BCUT2D eigenvalue weighted by molar-refractivity contribution is 0.0527. The number of benzene rings is 1. The third-order valence-electron chi connectivity index (χ3n) is 5.02. The van der Waals surface area contributed by atoms with Crippen molar-refractivity contribution in [3.8, 4) is 0 Å². The van der Waals surface area contributed by atoms with E-state index >= 15 is 0 Å². The van der Waals surface area contributed by atoms with E-state index < -0.39 is 11.7 Å². The predicted molar refractivity (Wildman–Crippen MR) is 138 cm³/mol. The summed E-state index contributed by atoms with van der Waals surface area (Å²) in [6.45, 7) is 8.77. The molecule has 0 aliphatic heterocycles. The summed E-state index contributed by atoms with van der Waals surface area (Å²) in [5.41, 5.74) is 3.10. The zero-order chi connectivity index (χ0) is 25.3. The van der Waals surface area contributed by atoms with Crippen LogP contribution in [0.25, 0.3) is 0 Å². The van der Waals surface area contributed by atoms with Crippen molar-refractivity contribution in [1.82, 2.24) is 24.8 Å². The van der Waals surface area contributed by atoms with E-state index in [-0.39, 0.29) is 5.56 Å². The molecule has 0 radical (unpaired) electrons. The molecule has 1 N–H and O–H groups in total. The highest BCUT2D eigenvalue weighted by molar-refractivity contribution is 7.98. The maximum absolute atomic E-state index is 12.8. The number of hydrogen-bond donors (Lipinski definition) is 1. The maximum Gasteiger partial charge on any atom is 0.407 e. The first kappa shape index (κ1) is 26.4. The fourth-order valence-electron chi connectivity index (χ4n) is 3.30. The monoisotopic (exact) mass is 495 g/mol. The van der Waals surface area contributed by atoms with Crippen LogP contribution < -0.4 is 10.9 Å². The lowest BCUT2D eigenvalue weighted by Gasteiger charge is -2.19. The van der Waals surface area contributed by atoms with Crippen molar-refractivity contribution in [3.05, 3.63) is 81.8 Å². The molecule has 0 bridgehead atoms. The Balaban J connectivity index is 1.67. The molecule has 186 valence electrons. The smallest absolute Gasteiger partial charge is 0.407 e. The number of carbonyl (C=O) groups is 1. The van der Waals surface area contributed by atoms with Gasteiger partial charge in [0.25, 0.3) is 5.56 Å². The van der Waals surface area contributed by atoms with Gasteiger partial charge in [0, 0.05) is 49.4 Å². The molecule has 3 rings (SSSR count). The first-order valence-corrected chi connectivity index (χ1v) is 12.7. The number of nitrogens with zero attached hydrogens (tertiary/aromatic N) is 4. The molecular formula is C26H33N5O3S. The van der Waals surface area contributed by atoms with E-state index in [9.17, 15) is 9.59 Å². The van der Waals surface area contributed by atoms with Gasteiger partial charge in [0.2, 0.25) is 0 Å². The summed E-state index contributed by atoms with van der Waals surface area (Å²) in [6, 6.07) is 8.35. The number of rotatable bonds is 10. The van der Waals surface area contributed by atoms with Crippen molar-refractivity contribution < 1.29 is 9.53 Å². The van der Waals surface area contributed by atoms with E-state index in [0.29, 0.717) is 30.2 Å². The summed E-state index contributed by atoms with van der Waals surface area (Å²) in [5, 5.41) is 3.47. The predicted octanol–water partition coefficient (Wildman–Crippen LogP) is 4.53. The Hall–Kier alpha value is -3.20. The number of alkyl carbamates (subject to hydrolysis) is 1. The maximum atomic E-state index is 12.8. The van der Waals surface area contributed by atoms with Crippen molar-refractivity contribution in [1.29, 1.82) is 0 Å². The molecule has 9 heteroatoms. The molecule has 0 fully saturated rings. The first-order valence-electron chi connectivity index (χ1n) is 11.7. The molecule has 0 aliphatic rings. The van der Waals surface area contributed by atoms with Gasteiger partial charge in [-0.1, -0.05) is 41.6 Å². The normalized spacial score (nSPS) is 11.3. The zero-order valence-corrected chi connectivity index (χ0v) is 21.6. The number of thioether (sulfide) groups is 1. The lowest BCUT2D eigenvalue weighted by atomic mass is 10.1. The second kappa shape index (κ2) is 12.5. The summed E-state index contributed by atoms with van der Waals surface area (Å²) < 4.78 is 7.31. The van der Waals surface area contributed by atoms with Gasteiger partial charge in [0.15, 0.2) is 5.16 Å². The van der Waals surface area contributed by atoms with Gasteiger partial charge in [-0.2, -0.15) is 4.98 Å². The van der Waals surface area contributed by atoms with Crippen LogP contribution >= 0.6 is 11.8 Å². The van der Waals surface area contributed by atoms with Crippen molar-refractivity contribution >= 4 is 17.9 Å². The van der Waals surface area contributed by atoms with E-state index in [1.807, 2.05) is 31.5 Å². The van der Waals surface area contributed by atoms with Crippen LogP contribution in [0.4, 0.5) is 4.79 Å². The minimum atomic E-state index is -0.518. The van der Waals surface area contributed by atoms with Crippen LogP contribution in [0.1, 0.15) is 55.9 Å². The third kappa shape index (κ3) is 9.16. The minimum Gasteiger partial charge on any atom is -0.444 e. The molecule has 2 aromatic heterocycles. The molecule has 0 atom stereocenters. The van der Waals surface area contributed by atoms with E-state index in [4.69, 9.17) is 4.74 Å². The van der Waals surface area contributed by atoms with E-state index in [1.54, 1.807) is 24.2 Å². The number of amides is 1. The Morgan fingerprint density at radius 2 is 1.80 bits per heavy atom. The highest BCUT2D eigenvalue weighted by atomic mass is 32.2. The molecule has 0 aliphatic carbocycles. The Morgan fingerprint density at radius 1 is 1.09 bits per heavy atom. The molecule has 0 saturated carbocycles. The fourth-order valence-corrected chi connectivity index (χ4v) is 4.25. The average molecular weight is 496 g/mol. The Labute approximate surface area is 210 Å². The Kier molecular flexibility index (Phi) is 9.42. The van der Waals surface area contributed by atoms with Gasteiger partial charge >= 0.3 is 6.09 Å². The standard InChI is InChI=1S/C26H33N5O3S/c1-19-7-9-20(10-8-19)17-35-24-30-23(32)22(13-21-14-27-18-28-15-21)16-31(24)12-6-5-11-29-25(33)34-26(2,3)4/h7-10,14-16,18H,5-6,11-13,17H2,1-4H3,(H,29,33). The van der Waals surface area contributed by atoms with Crippen LogP contribution in [0.3, 0.4) is 0 Å². The van der Waals surface area contributed by atoms with Crippen LogP contribution in [0, 0.1) is 6.92 Å². The van der Waals surface area contributed by atoms with Gasteiger partial charge in [-0.05, 0) is 51.7 Å². The molecule has 2 heterocycles. The number of nitrogens with one attached hydrogen (secondary N) is 1. The molecule has 35 heavy (non-hydrogen) atoms. The van der Waals surface area contributed by atoms with Crippen molar-refractivity contribution in [2.45, 2.75) is 70.0 Å². The number of ether oxygens (including phenoxy) is 1. The fraction of sp³-hybridized carbons (Fsp3) is 0.423. The summed E-state index contributed by atoms with van der Waals surface area (Å²) >= 11 is 1.55. The summed E-state index contributed by atoms with van der Waals surface area (Å²) in [7, 11) is 0. The van der Waals surface area contributed by atoms with E-state index in [2.05, 4.69) is 51.5 Å². The molecule has 1 aromatic carbocycles. The lowest BCUT2D eigenvalue weighted by Crippen LogP contribution is -2.33. The largest absolute Gasteiger partial charge is 0.444 e. The van der Waals surface area contributed by atoms with Crippen LogP contribution in [0.2, 0.25) is 0 Å². The Morgan fingerprint density at radius 3 is 2.49 bits per heavy atom. The van der Waals surface area contributed by atoms with Crippen LogP contribution in [-0.4, -0.2) is 37.8 Å². The topological polar surface area (TPSA) is 99.0 Å². The third-order valence-corrected chi connectivity index (χ3v) is 6.08. The summed E-state index contributed by atoms with van der Waals surface area (Å²) in [5.74, 6) is 0.721. The Bertz CT molecular complexity index is 1160. The molecule has 8 nitrogen and oxygen atoms in total. The van der Waals surface area contributed by atoms with Gasteiger partial charge in [-0.3, -0.25) is 4.79 Å². The minimum absolute atomic E-state index is 0.233. The van der Waals surface area contributed by atoms with Gasteiger partial charge in [0.1, 0.15) is 11.9 Å². The number of aryl methyl sites for hydroxylation is 2. The van der Waals surface area contributed by atoms with Gasteiger partial charge in [-0.15, -0.1) is 0 Å². The number of unbranched alkanes of at least 4 members (excludes halogenated alkanes) is 1. The van der Waals surface area contributed by atoms with Crippen molar-refractivity contribution in [2.75, 3.05) is 6.54 Å². The first-order chi connectivity index (χ1) is 16.7. The number of hydrogen-bond acceptors (Lipinski definition) is 7. The molecule has 0 spiro atoms. The van der Waals surface area contributed by atoms with Crippen LogP contribution in [-0.2, 0) is 23.5 Å². The summed E-state index contributed by atoms with van der Waals surface area (Å²) in [6.07, 6.45) is 8.37. The molecule has 0 unspecified atom stereocenters. The summed E-state index contributed by atoms with van der Waals surface area (Å²) in [4.78, 5) is 37.1. The van der Waals surface area contributed by atoms with Gasteiger partial charge in [-0.25, -0.2) is 14.8 Å². The van der Waals surface area contributed by atoms with E-state index in [0.717, 1.165) is 24.2 Å². The second-order valence-corrected chi connectivity index (χ2v) is 10.3. The second-order valence-electron chi connectivity index (χ2n) is 9.38. The highest BCUT2D eigenvalue weighted by Gasteiger charge is 2.15. The SMILES string of the molecule is Cc1ccc(CSc2nc(=O)c(Cc3cncnc3)cn2CCCCNC(=O)OC(C)(C)C)cc1. The van der Waals surface area contributed by atoms with Crippen LogP contribution in [0.15, 0.2) is 59.1 Å². The quantitative estimate of drug-likeness (QED) is 0.251. The zero-order valence-electron chi connectivity index (χ0n) is 20.8. The number of aromatic nitrogens is 4. The highest BCUT2D eigenvalue weighted by Crippen LogP contribution is 2.21. The van der Waals surface area contributed by atoms with Crippen molar-refractivity contribution in [3.63, 3.8) is 0 Å². The molecule has 0 saturated heterocycles. The van der Waals surface area contributed by atoms with Crippen LogP contribution in [0.5, 0.6) is 0 Å². The number of carbonyl (C=O) groups excluding carboxylic acids is 1. The van der Waals surface area contributed by atoms with Gasteiger partial charge < -0.3 is 14.6 Å². The molecule has 3 aromatic rings.